The predicted octanol–water partition coefficient (Wildman–Crippen LogP) is 3.54. The zero-order valence-corrected chi connectivity index (χ0v) is 19.5. The van der Waals surface area contributed by atoms with Crippen molar-refractivity contribution in [1.29, 1.82) is 0 Å². The Labute approximate surface area is 201 Å². The maximum Gasteiger partial charge on any atom is 0.416 e. The van der Waals surface area contributed by atoms with Crippen molar-refractivity contribution in [2.24, 2.45) is 10.9 Å². The van der Waals surface area contributed by atoms with Crippen LogP contribution in [0.5, 0.6) is 0 Å². The normalized spacial score (nSPS) is 20.8. The summed E-state index contributed by atoms with van der Waals surface area (Å²) >= 11 is 0. The van der Waals surface area contributed by atoms with Crippen LogP contribution in [0.25, 0.3) is 0 Å². The summed E-state index contributed by atoms with van der Waals surface area (Å²) in [5, 5.41) is 2.74. The number of nitrogens with zero attached hydrogens (tertiary/aromatic N) is 3. The maximum absolute atomic E-state index is 13.1. The highest BCUT2D eigenvalue weighted by Gasteiger charge is 2.42. The minimum atomic E-state index is -4.40. The van der Waals surface area contributed by atoms with Crippen LogP contribution in [-0.4, -0.2) is 55.5 Å². The lowest BCUT2D eigenvalue weighted by Gasteiger charge is -2.39. The van der Waals surface area contributed by atoms with Gasteiger partial charge in [0.15, 0.2) is 5.92 Å². The molecule has 0 radical (unpaired) electrons. The van der Waals surface area contributed by atoms with Gasteiger partial charge in [0.2, 0.25) is 11.9 Å². The third-order valence-electron chi connectivity index (χ3n) is 6.14. The number of esters is 1. The Kier molecular flexibility index (Phi) is 7.00. The number of amides is 1. The molecule has 1 N–H and O–H groups in total. The van der Waals surface area contributed by atoms with Gasteiger partial charge in [0, 0.05) is 31.9 Å². The summed E-state index contributed by atoms with van der Waals surface area (Å²) in [6.07, 6.45) is -4.40. The van der Waals surface area contributed by atoms with Crippen molar-refractivity contribution >= 4 is 23.5 Å². The second kappa shape index (κ2) is 9.97. The van der Waals surface area contributed by atoms with Crippen LogP contribution in [-0.2, 0) is 20.5 Å². The van der Waals surface area contributed by atoms with E-state index in [-0.39, 0.29) is 6.61 Å². The minimum absolute atomic E-state index is 0.150. The van der Waals surface area contributed by atoms with Gasteiger partial charge in [0.1, 0.15) is 6.04 Å². The molecule has 1 saturated heterocycles. The number of guanidine groups is 1. The number of halogens is 3. The van der Waals surface area contributed by atoms with Crippen LogP contribution in [0.15, 0.2) is 53.5 Å². The van der Waals surface area contributed by atoms with Gasteiger partial charge in [-0.3, -0.25) is 14.9 Å². The smallest absolute Gasteiger partial charge is 0.416 e. The summed E-state index contributed by atoms with van der Waals surface area (Å²) in [4.78, 5) is 34.1. The number of hydrogen-bond acceptors (Lipinski definition) is 6. The molecule has 186 valence electrons. The number of benzene rings is 2. The molecule has 7 nitrogen and oxygen atoms in total. The van der Waals surface area contributed by atoms with Gasteiger partial charge in [0.05, 0.1) is 12.2 Å². The van der Waals surface area contributed by atoms with Gasteiger partial charge in [-0.1, -0.05) is 35.9 Å². The summed E-state index contributed by atoms with van der Waals surface area (Å²) in [7, 11) is 0. The van der Waals surface area contributed by atoms with Crippen molar-refractivity contribution < 1.29 is 27.5 Å². The number of carbonyl (C=O) groups excluding carboxylic acids is 2. The van der Waals surface area contributed by atoms with Crippen LogP contribution in [0.1, 0.15) is 29.7 Å². The number of piperazine rings is 1. The number of anilines is 1. The Morgan fingerprint density at radius 3 is 2.43 bits per heavy atom. The predicted molar refractivity (Wildman–Crippen MR) is 125 cm³/mol. The highest BCUT2D eigenvalue weighted by molar-refractivity contribution is 6.08. The van der Waals surface area contributed by atoms with Gasteiger partial charge in [-0.25, -0.2) is 4.99 Å². The van der Waals surface area contributed by atoms with Crippen LogP contribution in [0.3, 0.4) is 0 Å². The van der Waals surface area contributed by atoms with Gasteiger partial charge in [0.25, 0.3) is 0 Å². The molecule has 2 aromatic rings. The molecule has 35 heavy (non-hydrogen) atoms. The molecule has 2 aliphatic rings. The third-order valence-corrected chi connectivity index (χ3v) is 6.14. The zero-order chi connectivity index (χ0) is 25.2. The molecule has 2 atom stereocenters. The molecule has 2 aromatic carbocycles. The van der Waals surface area contributed by atoms with E-state index in [1.165, 1.54) is 6.07 Å². The largest absolute Gasteiger partial charge is 0.465 e. The van der Waals surface area contributed by atoms with E-state index < -0.39 is 35.6 Å². The average molecular weight is 489 g/mol. The second-order valence-corrected chi connectivity index (χ2v) is 8.55. The summed E-state index contributed by atoms with van der Waals surface area (Å²) in [5.74, 6) is -1.87. The molecule has 0 bridgehead atoms. The molecule has 2 aliphatic heterocycles. The SMILES string of the molecule is CCOC(=O)[C@@H]1C(=O)NC(N2CCN(c3cccc(C(F)(F)F)c3)CC2)=N[C@H]1c1cccc(C)c1. The Morgan fingerprint density at radius 1 is 1.09 bits per heavy atom. The highest BCUT2D eigenvalue weighted by atomic mass is 19.4. The number of ether oxygens (including phenoxy) is 1. The van der Waals surface area contributed by atoms with Crippen molar-refractivity contribution in [2.45, 2.75) is 26.1 Å². The third kappa shape index (κ3) is 5.41. The number of aliphatic imine (C=N–C) groups is 1. The number of hydrogen-bond donors (Lipinski definition) is 1. The van der Waals surface area contributed by atoms with E-state index in [9.17, 15) is 22.8 Å². The molecule has 4 rings (SSSR count). The van der Waals surface area contributed by atoms with Crippen molar-refractivity contribution in [2.75, 3.05) is 37.7 Å². The lowest BCUT2D eigenvalue weighted by molar-refractivity contribution is -0.153. The summed E-state index contributed by atoms with van der Waals surface area (Å²) < 4.78 is 44.4. The minimum Gasteiger partial charge on any atom is -0.465 e. The van der Waals surface area contributed by atoms with Gasteiger partial charge < -0.3 is 14.5 Å². The maximum atomic E-state index is 13.1. The molecule has 2 heterocycles. The Bertz CT molecular complexity index is 1130. The fourth-order valence-corrected chi connectivity index (χ4v) is 4.38. The average Bonchev–Trinajstić information content (AvgIpc) is 2.83. The number of aryl methyl sites for hydroxylation is 1. The van der Waals surface area contributed by atoms with Gasteiger partial charge in [-0.15, -0.1) is 0 Å². The van der Waals surface area contributed by atoms with Gasteiger partial charge in [-0.05, 0) is 37.6 Å². The lowest BCUT2D eigenvalue weighted by Crippen LogP contribution is -2.57. The molecule has 0 aliphatic carbocycles. The topological polar surface area (TPSA) is 74.2 Å². The molecule has 1 amide bonds. The van der Waals surface area contributed by atoms with Crippen molar-refractivity contribution in [3.05, 3.63) is 65.2 Å². The molecule has 0 aromatic heterocycles. The molecular weight excluding hydrogens is 461 g/mol. The van der Waals surface area contributed by atoms with Gasteiger partial charge in [-0.2, -0.15) is 13.2 Å². The quantitative estimate of drug-likeness (QED) is 0.527. The Morgan fingerprint density at radius 2 is 1.77 bits per heavy atom. The Balaban J connectivity index is 1.54. The summed E-state index contributed by atoms with van der Waals surface area (Å²) in [5.41, 5.74) is 1.52. The molecule has 1 fully saturated rings. The number of alkyl halides is 3. The molecule has 10 heteroatoms. The lowest BCUT2D eigenvalue weighted by atomic mass is 9.90. The molecular formula is C25H27F3N4O3. The molecule has 0 saturated carbocycles. The summed E-state index contributed by atoms with van der Waals surface area (Å²) in [6, 6.07) is 12.0. The van der Waals surface area contributed by atoms with E-state index in [4.69, 9.17) is 9.73 Å². The van der Waals surface area contributed by atoms with E-state index in [1.807, 2.05) is 41.0 Å². The monoisotopic (exact) mass is 488 g/mol. The zero-order valence-electron chi connectivity index (χ0n) is 19.5. The first kappa shape index (κ1) is 24.6. The number of rotatable bonds is 4. The van der Waals surface area contributed by atoms with Gasteiger partial charge >= 0.3 is 12.1 Å². The van der Waals surface area contributed by atoms with Crippen LogP contribution < -0.4 is 10.2 Å². The first-order valence-corrected chi connectivity index (χ1v) is 11.5. The van der Waals surface area contributed by atoms with E-state index in [0.717, 1.165) is 23.3 Å². The van der Waals surface area contributed by atoms with Crippen molar-refractivity contribution in [3.8, 4) is 0 Å². The van der Waals surface area contributed by atoms with Crippen LogP contribution >= 0.6 is 0 Å². The van der Waals surface area contributed by atoms with Crippen LogP contribution in [0.2, 0.25) is 0 Å². The van der Waals surface area contributed by atoms with Crippen LogP contribution in [0, 0.1) is 12.8 Å². The highest BCUT2D eigenvalue weighted by Crippen LogP contribution is 2.33. The fraction of sp³-hybridized carbons (Fsp3) is 0.400. The first-order valence-electron chi connectivity index (χ1n) is 11.5. The Hall–Kier alpha value is -3.56. The van der Waals surface area contributed by atoms with Crippen molar-refractivity contribution in [1.82, 2.24) is 10.2 Å². The summed E-state index contributed by atoms with van der Waals surface area (Å²) in [6.45, 7) is 5.54. The molecule has 0 unspecified atom stereocenters. The first-order chi connectivity index (χ1) is 16.7. The van der Waals surface area contributed by atoms with E-state index in [1.54, 1.807) is 13.0 Å². The van der Waals surface area contributed by atoms with Crippen LogP contribution in [0.4, 0.5) is 18.9 Å². The van der Waals surface area contributed by atoms with E-state index in [0.29, 0.717) is 37.8 Å². The second-order valence-electron chi connectivity index (χ2n) is 8.55. The number of nitrogens with one attached hydrogen (secondary N) is 1. The number of carbonyl (C=O) groups is 2. The standard InChI is InChI=1S/C25H27F3N4O3/c1-3-35-23(34)20-21(17-7-4-6-16(2)14-17)29-24(30-22(20)33)32-12-10-31(11-13-32)19-9-5-8-18(15-19)25(26,27)28/h4-9,14-15,20-21H,3,10-13H2,1-2H3,(H,29,30,33)/t20-,21-/m0/s1. The molecule has 0 spiro atoms. The fourth-order valence-electron chi connectivity index (χ4n) is 4.38. The van der Waals surface area contributed by atoms with Crippen molar-refractivity contribution in [3.63, 3.8) is 0 Å². The van der Waals surface area contributed by atoms with E-state index in [2.05, 4.69) is 5.32 Å². The van der Waals surface area contributed by atoms with E-state index >= 15 is 0 Å².